The van der Waals surface area contributed by atoms with Crippen molar-refractivity contribution in [2.45, 2.75) is 32.7 Å². The van der Waals surface area contributed by atoms with E-state index in [1.807, 2.05) is 26.0 Å². The maximum atomic E-state index is 12.5. The van der Waals surface area contributed by atoms with E-state index in [1.165, 1.54) is 0 Å². The van der Waals surface area contributed by atoms with Crippen molar-refractivity contribution in [2.75, 3.05) is 18.0 Å². The molecule has 1 N–H and O–H groups in total. The zero-order valence-electron chi connectivity index (χ0n) is 13.5. The maximum absolute atomic E-state index is 12.5. The number of hydrogen-bond donors (Lipinski definition) is 1. The molecule has 3 heterocycles. The van der Waals surface area contributed by atoms with Crippen molar-refractivity contribution >= 4 is 11.9 Å². The molecule has 120 valence electrons. The van der Waals surface area contributed by atoms with Crippen molar-refractivity contribution in [1.29, 1.82) is 0 Å². The molecular weight excluding hydrogens is 290 g/mol. The van der Waals surface area contributed by atoms with Gasteiger partial charge in [0.15, 0.2) is 0 Å². The minimum Gasteiger partial charge on any atom is -0.344 e. The van der Waals surface area contributed by atoms with Crippen LogP contribution in [0.2, 0.25) is 0 Å². The van der Waals surface area contributed by atoms with Gasteiger partial charge in [0.2, 0.25) is 5.95 Å². The molecule has 2 aromatic rings. The van der Waals surface area contributed by atoms with E-state index in [0.717, 1.165) is 37.2 Å². The first kappa shape index (κ1) is 15.4. The lowest BCUT2D eigenvalue weighted by molar-refractivity contribution is 0.0934. The number of anilines is 1. The van der Waals surface area contributed by atoms with Crippen LogP contribution in [0.25, 0.3) is 0 Å². The first-order valence-corrected chi connectivity index (χ1v) is 7.95. The Hall–Kier alpha value is -2.50. The summed E-state index contributed by atoms with van der Waals surface area (Å²) >= 11 is 0. The van der Waals surface area contributed by atoms with Gasteiger partial charge >= 0.3 is 0 Å². The van der Waals surface area contributed by atoms with Crippen molar-refractivity contribution in [3.8, 4) is 0 Å². The van der Waals surface area contributed by atoms with Crippen LogP contribution in [0, 0.1) is 6.92 Å². The molecule has 6 heteroatoms. The summed E-state index contributed by atoms with van der Waals surface area (Å²) < 4.78 is 0. The first-order chi connectivity index (χ1) is 11.1. The summed E-state index contributed by atoms with van der Waals surface area (Å²) in [6.07, 6.45) is 5.74. The molecule has 1 aliphatic heterocycles. The van der Waals surface area contributed by atoms with Crippen LogP contribution in [-0.4, -0.2) is 33.9 Å². The summed E-state index contributed by atoms with van der Waals surface area (Å²) in [6, 6.07) is 5.42. The van der Waals surface area contributed by atoms with Gasteiger partial charge in [-0.05, 0) is 50.5 Å². The average molecular weight is 311 g/mol. The first-order valence-electron chi connectivity index (χ1n) is 7.95. The number of aromatic nitrogens is 3. The summed E-state index contributed by atoms with van der Waals surface area (Å²) in [4.78, 5) is 27.6. The van der Waals surface area contributed by atoms with Crippen molar-refractivity contribution in [2.24, 2.45) is 0 Å². The number of amides is 1. The van der Waals surface area contributed by atoms with Gasteiger partial charge in [0.25, 0.3) is 5.91 Å². The van der Waals surface area contributed by atoms with Gasteiger partial charge in [-0.1, -0.05) is 0 Å². The molecule has 1 fully saturated rings. The number of rotatable bonds is 4. The van der Waals surface area contributed by atoms with Crippen molar-refractivity contribution in [1.82, 2.24) is 20.3 Å². The fourth-order valence-electron chi connectivity index (χ4n) is 2.73. The summed E-state index contributed by atoms with van der Waals surface area (Å²) in [6.45, 7) is 5.75. The molecule has 6 nitrogen and oxygen atoms in total. The zero-order valence-corrected chi connectivity index (χ0v) is 13.5. The van der Waals surface area contributed by atoms with Gasteiger partial charge in [0.1, 0.15) is 5.69 Å². The predicted octanol–water partition coefficient (Wildman–Crippen LogP) is 2.27. The molecule has 1 amide bonds. The molecule has 23 heavy (non-hydrogen) atoms. The molecule has 3 rings (SSSR count). The fraction of sp³-hybridized carbons (Fsp3) is 0.412. The Kier molecular flexibility index (Phi) is 4.50. The Morgan fingerprint density at radius 1 is 1.22 bits per heavy atom. The SMILES string of the molecule is Cc1cc(C(=O)NC(C)c2ccncc2)nc(N2CCCC2)n1. The zero-order chi connectivity index (χ0) is 16.2. The lowest BCUT2D eigenvalue weighted by atomic mass is 10.1. The van der Waals surface area contributed by atoms with E-state index in [0.29, 0.717) is 11.6 Å². The largest absolute Gasteiger partial charge is 0.344 e. The van der Waals surface area contributed by atoms with Crippen LogP contribution in [0.5, 0.6) is 0 Å². The van der Waals surface area contributed by atoms with Crippen molar-refractivity contribution in [3.05, 3.63) is 47.5 Å². The minimum atomic E-state index is -0.180. The second-order valence-corrected chi connectivity index (χ2v) is 5.86. The standard InChI is InChI=1S/C17H21N5O/c1-12-11-15(21-17(19-12)22-9-3-4-10-22)16(23)20-13(2)14-5-7-18-8-6-14/h5-8,11,13H,3-4,9-10H2,1-2H3,(H,20,23). The second-order valence-electron chi connectivity index (χ2n) is 5.86. The normalized spacial score (nSPS) is 15.5. The number of carbonyl (C=O) groups excluding carboxylic acids is 1. The molecule has 2 aromatic heterocycles. The van der Waals surface area contributed by atoms with Crippen LogP contribution in [0.3, 0.4) is 0 Å². The fourth-order valence-corrected chi connectivity index (χ4v) is 2.73. The highest BCUT2D eigenvalue weighted by atomic mass is 16.1. The Labute approximate surface area is 136 Å². The van der Waals surface area contributed by atoms with Crippen molar-refractivity contribution < 1.29 is 4.79 Å². The van der Waals surface area contributed by atoms with E-state index in [-0.39, 0.29) is 11.9 Å². The summed E-state index contributed by atoms with van der Waals surface area (Å²) in [5, 5.41) is 2.98. The number of carbonyl (C=O) groups is 1. The van der Waals surface area contributed by atoms with Gasteiger partial charge in [-0.2, -0.15) is 0 Å². The van der Waals surface area contributed by atoms with E-state index < -0.39 is 0 Å². The maximum Gasteiger partial charge on any atom is 0.270 e. The Morgan fingerprint density at radius 2 is 1.91 bits per heavy atom. The smallest absolute Gasteiger partial charge is 0.270 e. The topological polar surface area (TPSA) is 71.0 Å². The Morgan fingerprint density at radius 3 is 2.61 bits per heavy atom. The van der Waals surface area contributed by atoms with Crippen LogP contribution in [0.4, 0.5) is 5.95 Å². The number of hydrogen-bond acceptors (Lipinski definition) is 5. The van der Waals surface area contributed by atoms with Gasteiger partial charge in [-0.15, -0.1) is 0 Å². The van der Waals surface area contributed by atoms with E-state index in [4.69, 9.17) is 0 Å². The van der Waals surface area contributed by atoms with Gasteiger partial charge in [0.05, 0.1) is 6.04 Å². The quantitative estimate of drug-likeness (QED) is 0.938. The molecule has 1 atom stereocenters. The number of aryl methyl sites for hydroxylation is 1. The molecule has 0 aromatic carbocycles. The predicted molar refractivity (Wildman–Crippen MR) is 88.3 cm³/mol. The highest BCUT2D eigenvalue weighted by Gasteiger charge is 2.19. The lowest BCUT2D eigenvalue weighted by Gasteiger charge is -2.17. The average Bonchev–Trinajstić information content (AvgIpc) is 3.09. The molecule has 0 bridgehead atoms. The molecule has 1 unspecified atom stereocenters. The van der Waals surface area contributed by atoms with Gasteiger partial charge < -0.3 is 10.2 Å². The van der Waals surface area contributed by atoms with E-state index in [1.54, 1.807) is 18.5 Å². The molecular formula is C17H21N5O. The number of nitrogens with one attached hydrogen (secondary N) is 1. The third-order valence-electron chi connectivity index (χ3n) is 4.02. The summed E-state index contributed by atoms with van der Waals surface area (Å²) in [5.41, 5.74) is 2.24. The van der Waals surface area contributed by atoms with Crippen molar-refractivity contribution in [3.63, 3.8) is 0 Å². The van der Waals surface area contributed by atoms with Gasteiger partial charge in [-0.25, -0.2) is 9.97 Å². The molecule has 0 aliphatic carbocycles. The highest BCUT2D eigenvalue weighted by molar-refractivity contribution is 5.92. The van der Waals surface area contributed by atoms with Gasteiger partial charge in [-0.3, -0.25) is 9.78 Å². The molecule has 1 saturated heterocycles. The monoisotopic (exact) mass is 311 g/mol. The van der Waals surface area contributed by atoms with Crippen LogP contribution >= 0.6 is 0 Å². The third kappa shape index (κ3) is 3.64. The van der Waals surface area contributed by atoms with E-state index >= 15 is 0 Å². The summed E-state index contributed by atoms with van der Waals surface area (Å²) in [5.74, 6) is 0.476. The van der Waals surface area contributed by atoms with Crippen LogP contribution in [0.15, 0.2) is 30.6 Å². The highest BCUT2D eigenvalue weighted by Crippen LogP contribution is 2.17. The van der Waals surface area contributed by atoms with E-state index in [2.05, 4.69) is 25.2 Å². The lowest BCUT2D eigenvalue weighted by Crippen LogP contribution is -2.29. The minimum absolute atomic E-state index is 0.101. The number of nitrogens with zero attached hydrogens (tertiary/aromatic N) is 4. The second kappa shape index (κ2) is 6.73. The van der Waals surface area contributed by atoms with Crippen LogP contribution in [0.1, 0.15) is 47.6 Å². The van der Waals surface area contributed by atoms with Crippen LogP contribution < -0.4 is 10.2 Å². The summed E-state index contributed by atoms with van der Waals surface area (Å²) in [7, 11) is 0. The Balaban J connectivity index is 1.76. The third-order valence-corrected chi connectivity index (χ3v) is 4.02. The number of pyridine rings is 1. The molecule has 0 radical (unpaired) electrons. The molecule has 0 spiro atoms. The Bertz CT molecular complexity index is 683. The molecule has 1 aliphatic rings. The molecule has 0 saturated carbocycles. The van der Waals surface area contributed by atoms with Crippen LogP contribution in [-0.2, 0) is 0 Å². The van der Waals surface area contributed by atoms with E-state index in [9.17, 15) is 4.79 Å². The van der Waals surface area contributed by atoms with Gasteiger partial charge in [0, 0.05) is 31.2 Å².